The molecule has 1 aliphatic carbocycles. The molecule has 5 rings (SSSR count). The van der Waals surface area contributed by atoms with Gasteiger partial charge in [0.15, 0.2) is 5.82 Å². The molecule has 2 fully saturated rings. The van der Waals surface area contributed by atoms with Gasteiger partial charge in [0.1, 0.15) is 12.9 Å². The van der Waals surface area contributed by atoms with Crippen LogP contribution in [-0.4, -0.2) is 72.9 Å². The van der Waals surface area contributed by atoms with E-state index in [1.54, 1.807) is 18.0 Å². The second kappa shape index (κ2) is 8.64. The van der Waals surface area contributed by atoms with Crippen molar-refractivity contribution in [2.24, 2.45) is 5.41 Å². The minimum absolute atomic E-state index is 0.0539. The number of hydrogen-bond acceptors (Lipinski definition) is 9. The van der Waals surface area contributed by atoms with Crippen molar-refractivity contribution >= 4 is 11.9 Å². The van der Waals surface area contributed by atoms with Gasteiger partial charge >= 0.3 is 5.97 Å². The highest BCUT2D eigenvalue weighted by Gasteiger charge is 2.50. The highest BCUT2D eigenvalue weighted by molar-refractivity contribution is 5.94. The number of ether oxygens (including phenoxy) is 1. The number of pyridine rings is 1. The van der Waals surface area contributed by atoms with Crippen molar-refractivity contribution in [2.75, 3.05) is 19.8 Å². The van der Waals surface area contributed by atoms with Gasteiger partial charge < -0.3 is 20.1 Å². The molecule has 1 saturated heterocycles. The Hall–Kier alpha value is -3.18. The van der Waals surface area contributed by atoms with E-state index in [4.69, 9.17) is 4.74 Å². The Morgan fingerprint density at radius 3 is 2.70 bits per heavy atom. The minimum Gasteiger partial charge on any atom is -0.456 e. The molecule has 11 heteroatoms. The largest absolute Gasteiger partial charge is 0.456 e. The third-order valence-electron chi connectivity index (χ3n) is 7.24. The molecule has 0 bridgehead atoms. The fraction of sp³-hybridized carbons (Fsp3) is 0.545. The highest BCUT2D eigenvalue weighted by atomic mass is 16.5. The lowest BCUT2D eigenvalue weighted by atomic mass is 9.71. The summed E-state index contributed by atoms with van der Waals surface area (Å²) >= 11 is 0. The van der Waals surface area contributed by atoms with Crippen molar-refractivity contribution in [3.63, 3.8) is 0 Å². The number of esters is 1. The number of aliphatic hydroxyl groups excluding tert-OH is 1. The van der Waals surface area contributed by atoms with Crippen LogP contribution in [0.3, 0.4) is 0 Å². The van der Waals surface area contributed by atoms with Crippen LogP contribution >= 0.6 is 0 Å². The Morgan fingerprint density at radius 2 is 2.09 bits per heavy atom. The number of hydrogen-bond donors (Lipinski definition) is 2. The summed E-state index contributed by atoms with van der Waals surface area (Å²) in [4.78, 5) is 31.2. The minimum atomic E-state index is -0.360. The zero-order chi connectivity index (χ0) is 23.0. The number of nitrogens with zero attached hydrogens (tertiary/aromatic N) is 6. The summed E-state index contributed by atoms with van der Waals surface area (Å²) in [5, 5.41) is 24.6. The van der Waals surface area contributed by atoms with E-state index in [1.165, 1.54) is 11.0 Å². The average Bonchev–Trinajstić information content (AvgIpc) is 3.56. The van der Waals surface area contributed by atoms with Gasteiger partial charge in [0.2, 0.25) is 5.91 Å². The fourth-order valence-corrected chi connectivity index (χ4v) is 5.17. The molecule has 1 amide bonds. The Kier molecular flexibility index (Phi) is 5.67. The summed E-state index contributed by atoms with van der Waals surface area (Å²) in [6.07, 6.45) is 7.26. The van der Waals surface area contributed by atoms with Crippen molar-refractivity contribution in [1.82, 2.24) is 35.4 Å². The lowest BCUT2D eigenvalue weighted by Crippen LogP contribution is -2.43. The topological polar surface area (TPSA) is 135 Å². The number of cyclic esters (lactones) is 1. The molecule has 1 saturated carbocycles. The molecule has 1 spiro atoms. The second-order valence-electron chi connectivity index (χ2n) is 9.02. The number of amides is 1. The van der Waals surface area contributed by atoms with Crippen LogP contribution in [0.4, 0.5) is 0 Å². The van der Waals surface area contributed by atoms with Crippen LogP contribution in [0.5, 0.6) is 0 Å². The first-order valence-corrected chi connectivity index (χ1v) is 11.3. The van der Waals surface area contributed by atoms with Crippen LogP contribution in [0.15, 0.2) is 35.9 Å². The van der Waals surface area contributed by atoms with Crippen LogP contribution in [0.25, 0.3) is 5.82 Å². The number of carbonyl (C=O) groups excluding carboxylic acids is 2. The van der Waals surface area contributed by atoms with Crippen molar-refractivity contribution in [3.8, 4) is 5.82 Å². The summed E-state index contributed by atoms with van der Waals surface area (Å²) in [5.74, 6) is 0.390. The maximum Gasteiger partial charge on any atom is 0.336 e. The number of carbonyl (C=O) groups is 2. The fourth-order valence-electron chi connectivity index (χ4n) is 5.17. The Morgan fingerprint density at radius 1 is 1.27 bits per heavy atom. The van der Waals surface area contributed by atoms with Gasteiger partial charge in [-0.05, 0) is 61.1 Å². The van der Waals surface area contributed by atoms with Crippen LogP contribution in [0.1, 0.15) is 50.6 Å². The summed E-state index contributed by atoms with van der Waals surface area (Å²) in [6.45, 7) is 2.50. The molecule has 4 heterocycles. The first kappa shape index (κ1) is 21.7. The predicted octanol–water partition coefficient (Wildman–Crippen LogP) is 0.672. The number of likely N-dealkylation sites (tertiary alicyclic amines) is 1. The van der Waals surface area contributed by atoms with Gasteiger partial charge in [0, 0.05) is 18.8 Å². The first-order valence-electron chi connectivity index (χ1n) is 11.3. The van der Waals surface area contributed by atoms with Gasteiger partial charge in [-0.2, -0.15) is 4.68 Å². The van der Waals surface area contributed by atoms with E-state index in [1.807, 2.05) is 12.1 Å². The first-order chi connectivity index (χ1) is 16.0. The summed E-state index contributed by atoms with van der Waals surface area (Å²) in [6, 6.07) is 3.67. The van der Waals surface area contributed by atoms with Gasteiger partial charge in [-0.1, -0.05) is 6.07 Å². The van der Waals surface area contributed by atoms with Crippen LogP contribution in [0.2, 0.25) is 0 Å². The smallest absolute Gasteiger partial charge is 0.336 e. The van der Waals surface area contributed by atoms with Crippen molar-refractivity contribution in [3.05, 3.63) is 41.5 Å². The number of aromatic nitrogens is 5. The number of rotatable bonds is 6. The molecular formula is C22H27N7O4. The molecule has 1 unspecified atom stereocenters. The monoisotopic (exact) mass is 453 g/mol. The zero-order valence-electron chi connectivity index (χ0n) is 18.5. The molecule has 0 aromatic carbocycles. The van der Waals surface area contributed by atoms with Crippen LogP contribution in [0, 0.1) is 5.41 Å². The summed E-state index contributed by atoms with van der Waals surface area (Å²) in [7, 11) is 0. The molecule has 3 aliphatic rings. The van der Waals surface area contributed by atoms with Gasteiger partial charge in [-0.15, -0.1) is 5.10 Å². The maximum atomic E-state index is 13.3. The molecule has 11 nitrogen and oxygen atoms in total. The van der Waals surface area contributed by atoms with Crippen LogP contribution < -0.4 is 5.32 Å². The van der Waals surface area contributed by atoms with E-state index >= 15 is 0 Å². The standard InChI is InChI=1S/C22H27N7O4/c1-14-18(12-33-20(14)31)28-9-8-22(21(28)32)6-4-16(5-7-22)25-17(11-30)15-2-3-19(23-10-15)29-13-24-26-27-29/h2-3,10,13,16-17,25,30H,4-9,11-12H2,1H3. The van der Waals surface area contributed by atoms with E-state index in [0.717, 1.165) is 43.4 Å². The molecule has 2 N–H and O–H groups in total. The molecule has 2 aromatic heterocycles. The van der Waals surface area contributed by atoms with E-state index in [0.29, 0.717) is 17.9 Å². The van der Waals surface area contributed by atoms with Crippen molar-refractivity contribution in [2.45, 2.75) is 51.1 Å². The predicted molar refractivity (Wildman–Crippen MR) is 115 cm³/mol. The Bertz CT molecular complexity index is 1060. The number of tetrazole rings is 1. The maximum absolute atomic E-state index is 13.3. The lowest BCUT2D eigenvalue weighted by molar-refractivity contribution is -0.138. The van der Waals surface area contributed by atoms with Crippen molar-refractivity contribution < 1.29 is 19.4 Å². The molecule has 33 heavy (non-hydrogen) atoms. The SMILES string of the molecule is CC1=C(N2CCC3(CCC(NC(CO)c4ccc(-n5cnnn5)nc4)CC3)C2=O)COC1=O. The molecule has 0 radical (unpaired) electrons. The zero-order valence-corrected chi connectivity index (χ0v) is 18.5. The highest BCUT2D eigenvalue weighted by Crippen LogP contribution is 2.46. The molecule has 2 aromatic rings. The van der Waals surface area contributed by atoms with E-state index < -0.39 is 0 Å². The Balaban J connectivity index is 1.20. The molecule has 2 aliphatic heterocycles. The third kappa shape index (κ3) is 3.91. The van der Waals surface area contributed by atoms with Gasteiger partial charge in [-0.3, -0.25) is 4.79 Å². The molecular weight excluding hydrogens is 426 g/mol. The number of aliphatic hydroxyl groups is 1. The average molecular weight is 454 g/mol. The third-order valence-corrected chi connectivity index (χ3v) is 7.24. The Labute approximate surface area is 190 Å². The quantitative estimate of drug-likeness (QED) is 0.605. The van der Waals surface area contributed by atoms with E-state index in [9.17, 15) is 14.7 Å². The van der Waals surface area contributed by atoms with Gasteiger partial charge in [-0.25, -0.2) is 9.78 Å². The summed E-state index contributed by atoms with van der Waals surface area (Å²) < 4.78 is 6.57. The number of nitrogens with one attached hydrogen (secondary N) is 1. The van der Waals surface area contributed by atoms with Gasteiger partial charge in [0.05, 0.1) is 29.3 Å². The van der Waals surface area contributed by atoms with Gasteiger partial charge in [0.25, 0.3) is 0 Å². The molecule has 1 atom stereocenters. The van der Waals surface area contributed by atoms with Crippen molar-refractivity contribution in [1.29, 1.82) is 0 Å². The normalized spacial score (nSPS) is 26.4. The summed E-state index contributed by atoms with van der Waals surface area (Å²) in [5.41, 5.74) is 1.79. The van der Waals surface area contributed by atoms with E-state index in [-0.39, 0.29) is 42.6 Å². The lowest BCUT2D eigenvalue weighted by Gasteiger charge is -2.37. The second-order valence-corrected chi connectivity index (χ2v) is 9.02. The molecule has 174 valence electrons. The van der Waals surface area contributed by atoms with E-state index in [2.05, 4.69) is 25.8 Å². The van der Waals surface area contributed by atoms with Crippen LogP contribution in [-0.2, 0) is 14.3 Å².